The minimum Gasteiger partial charge on any atom is -0.355 e. The number of hydrogen-bond acceptors (Lipinski definition) is 2. The van der Waals surface area contributed by atoms with Gasteiger partial charge in [0.05, 0.1) is 0 Å². The van der Waals surface area contributed by atoms with Crippen LogP contribution >= 0.6 is 0 Å². The molecule has 0 aromatic heterocycles. The van der Waals surface area contributed by atoms with Gasteiger partial charge in [-0.3, -0.25) is 9.59 Å². The van der Waals surface area contributed by atoms with Crippen molar-refractivity contribution in [3.05, 3.63) is 47.3 Å². The first-order valence-corrected chi connectivity index (χ1v) is 7.49. The van der Waals surface area contributed by atoms with Gasteiger partial charge in [-0.1, -0.05) is 24.3 Å². The number of nitrogens with zero attached hydrogens (tertiary/aromatic N) is 1. The van der Waals surface area contributed by atoms with E-state index in [1.54, 1.807) is 24.3 Å². The number of aliphatic imine (C=N–C) groups is 1. The zero-order chi connectivity index (χ0) is 15.5. The summed E-state index contributed by atoms with van der Waals surface area (Å²) in [4.78, 5) is 28.1. The lowest BCUT2D eigenvalue weighted by atomic mass is 9.99. The zero-order valence-corrected chi connectivity index (χ0v) is 12.1. The van der Waals surface area contributed by atoms with Crippen molar-refractivity contribution in [2.24, 2.45) is 10.9 Å². The van der Waals surface area contributed by atoms with Gasteiger partial charge in [0.1, 0.15) is 11.7 Å². The highest BCUT2D eigenvalue weighted by Gasteiger charge is 2.31. The van der Waals surface area contributed by atoms with Crippen LogP contribution in [-0.2, 0) is 16.0 Å². The molecule has 2 amide bonds. The van der Waals surface area contributed by atoms with E-state index in [1.807, 2.05) is 0 Å². The fourth-order valence-corrected chi connectivity index (χ4v) is 2.85. The predicted octanol–water partition coefficient (Wildman–Crippen LogP) is 2.19. The number of rotatable bonds is 4. The third-order valence-corrected chi connectivity index (χ3v) is 4.04. The molecule has 1 fully saturated rings. The van der Waals surface area contributed by atoms with E-state index in [-0.39, 0.29) is 11.7 Å². The summed E-state index contributed by atoms with van der Waals surface area (Å²) in [6, 6.07) is 6.46. The lowest BCUT2D eigenvalue weighted by Gasteiger charge is -2.15. The zero-order valence-electron chi connectivity index (χ0n) is 12.1. The van der Waals surface area contributed by atoms with Crippen molar-refractivity contribution in [3.8, 4) is 0 Å². The molecule has 3 rings (SSSR count). The van der Waals surface area contributed by atoms with Crippen molar-refractivity contribution in [1.29, 1.82) is 0 Å². The Morgan fingerprint density at radius 3 is 2.95 bits per heavy atom. The molecule has 2 aliphatic rings. The van der Waals surface area contributed by atoms with Gasteiger partial charge in [0.25, 0.3) is 5.91 Å². The normalized spacial score (nSPS) is 20.2. The standard InChI is InChI=1S/C17H17FN2O2/c18-14-6-2-1-4-11(14)8-9-19-16(21)13-10-12-5-3-7-15(12)20-17(13)22/h1-2,4,6,10,13H,3,5,7-9H2,(H,19,21). The molecule has 1 aliphatic heterocycles. The molecule has 22 heavy (non-hydrogen) atoms. The Bertz CT molecular complexity index is 679. The quantitative estimate of drug-likeness (QED) is 0.867. The van der Waals surface area contributed by atoms with Gasteiger partial charge in [-0.2, -0.15) is 0 Å². The maximum atomic E-state index is 13.5. The van der Waals surface area contributed by atoms with E-state index < -0.39 is 11.8 Å². The molecule has 1 aromatic rings. The summed E-state index contributed by atoms with van der Waals surface area (Å²) in [5, 5.41) is 2.70. The Balaban J connectivity index is 1.58. The molecule has 0 saturated heterocycles. The fourth-order valence-electron chi connectivity index (χ4n) is 2.85. The van der Waals surface area contributed by atoms with Crippen LogP contribution in [0.25, 0.3) is 0 Å². The Morgan fingerprint density at radius 2 is 2.14 bits per heavy atom. The number of amides is 2. The number of fused-ring (bicyclic) bond motifs is 1. The topological polar surface area (TPSA) is 58.5 Å². The fraction of sp³-hybridized carbons (Fsp3) is 0.353. The molecule has 5 heteroatoms. The number of halogens is 1. The number of nitrogens with one attached hydrogen (secondary N) is 1. The van der Waals surface area contributed by atoms with Crippen LogP contribution in [0.4, 0.5) is 4.39 Å². The van der Waals surface area contributed by atoms with Crippen molar-refractivity contribution in [2.45, 2.75) is 25.7 Å². The van der Waals surface area contributed by atoms with Crippen LogP contribution in [0.2, 0.25) is 0 Å². The van der Waals surface area contributed by atoms with E-state index in [1.165, 1.54) is 6.07 Å². The van der Waals surface area contributed by atoms with E-state index in [0.717, 1.165) is 30.5 Å². The minimum atomic E-state index is -0.836. The third-order valence-electron chi connectivity index (χ3n) is 4.04. The van der Waals surface area contributed by atoms with Crippen molar-refractivity contribution in [2.75, 3.05) is 6.54 Å². The lowest BCUT2D eigenvalue weighted by Crippen LogP contribution is -2.36. The second-order valence-corrected chi connectivity index (χ2v) is 5.55. The molecule has 1 unspecified atom stereocenters. The van der Waals surface area contributed by atoms with Gasteiger partial charge >= 0.3 is 0 Å². The molecule has 1 saturated carbocycles. The molecule has 1 heterocycles. The maximum absolute atomic E-state index is 13.5. The number of allylic oxidation sites excluding steroid dienone is 1. The number of dihydropyridines is 1. The van der Waals surface area contributed by atoms with E-state index in [0.29, 0.717) is 18.5 Å². The molecular weight excluding hydrogens is 283 g/mol. The van der Waals surface area contributed by atoms with Crippen molar-refractivity contribution < 1.29 is 14.0 Å². The predicted molar refractivity (Wildman–Crippen MR) is 81.0 cm³/mol. The van der Waals surface area contributed by atoms with Crippen LogP contribution in [-0.4, -0.2) is 24.1 Å². The lowest BCUT2D eigenvalue weighted by molar-refractivity contribution is -0.131. The van der Waals surface area contributed by atoms with E-state index in [4.69, 9.17) is 0 Å². The molecule has 1 atom stereocenters. The van der Waals surface area contributed by atoms with E-state index >= 15 is 0 Å². The first kappa shape index (κ1) is 14.6. The molecule has 1 N–H and O–H groups in total. The number of hydrogen-bond donors (Lipinski definition) is 1. The summed E-state index contributed by atoms with van der Waals surface area (Å²) in [5.74, 6) is -1.88. The SMILES string of the molecule is O=C1N=C2CCCC2=CC1C(=O)NCCc1ccccc1F. The summed E-state index contributed by atoms with van der Waals surface area (Å²) >= 11 is 0. The number of carbonyl (C=O) groups is 2. The van der Waals surface area contributed by atoms with Gasteiger partial charge in [-0.25, -0.2) is 9.38 Å². The summed E-state index contributed by atoms with van der Waals surface area (Å²) in [6.07, 6.45) is 4.81. The van der Waals surface area contributed by atoms with Crippen LogP contribution < -0.4 is 5.32 Å². The van der Waals surface area contributed by atoms with Gasteiger partial charge in [-0.05, 0) is 42.9 Å². The number of benzene rings is 1. The highest BCUT2D eigenvalue weighted by Crippen LogP contribution is 2.27. The summed E-state index contributed by atoms with van der Waals surface area (Å²) in [7, 11) is 0. The molecule has 114 valence electrons. The first-order valence-electron chi connectivity index (χ1n) is 7.49. The van der Waals surface area contributed by atoms with E-state index in [9.17, 15) is 14.0 Å². The minimum absolute atomic E-state index is 0.284. The van der Waals surface area contributed by atoms with Crippen molar-refractivity contribution >= 4 is 17.5 Å². The largest absolute Gasteiger partial charge is 0.355 e. The average Bonchev–Trinajstić information content (AvgIpc) is 2.95. The molecule has 0 radical (unpaired) electrons. The van der Waals surface area contributed by atoms with Crippen LogP contribution in [0.5, 0.6) is 0 Å². The van der Waals surface area contributed by atoms with Gasteiger partial charge in [0, 0.05) is 12.3 Å². The summed E-state index contributed by atoms with van der Waals surface area (Å²) in [5.41, 5.74) is 2.40. The van der Waals surface area contributed by atoms with Crippen LogP contribution in [0, 0.1) is 11.7 Å². The van der Waals surface area contributed by atoms with Crippen molar-refractivity contribution in [1.82, 2.24) is 5.32 Å². The van der Waals surface area contributed by atoms with Gasteiger partial charge in [0.2, 0.25) is 5.91 Å². The molecule has 1 aromatic carbocycles. The third kappa shape index (κ3) is 2.98. The molecule has 0 bridgehead atoms. The maximum Gasteiger partial charge on any atom is 0.262 e. The Labute approximate surface area is 128 Å². The monoisotopic (exact) mass is 300 g/mol. The number of carbonyl (C=O) groups excluding carboxylic acids is 2. The molecular formula is C17H17FN2O2. The van der Waals surface area contributed by atoms with Gasteiger partial charge in [0.15, 0.2) is 0 Å². The molecule has 4 nitrogen and oxygen atoms in total. The van der Waals surface area contributed by atoms with Crippen molar-refractivity contribution in [3.63, 3.8) is 0 Å². The Hall–Kier alpha value is -2.30. The smallest absolute Gasteiger partial charge is 0.262 e. The van der Waals surface area contributed by atoms with Crippen LogP contribution in [0.3, 0.4) is 0 Å². The first-order chi connectivity index (χ1) is 10.6. The second-order valence-electron chi connectivity index (χ2n) is 5.55. The molecule has 0 spiro atoms. The highest BCUT2D eigenvalue weighted by molar-refractivity contribution is 6.16. The van der Waals surface area contributed by atoms with E-state index in [2.05, 4.69) is 10.3 Å². The van der Waals surface area contributed by atoms with Crippen LogP contribution in [0.15, 0.2) is 40.9 Å². The van der Waals surface area contributed by atoms with Gasteiger partial charge in [-0.15, -0.1) is 0 Å². The highest BCUT2D eigenvalue weighted by atomic mass is 19.1. The Morgan fingerprint density at radius 1 is 1.32 bits per heavy atom. The second kappa shape index (κ2) is 6.22. The summed E-state index contributed by atoms with van der Waals surface area (Å²) < 4.78 is 13.5. The average molecular weight is 300 g/mol. The summed E-state index contributed by atoms with van der Waals surface area (Å²) in [6.45, 7) is 0.295. The Kier molecular flexibility index (Phi) is 4.13. The molecule has 1 aliphatic carbocycles. The van der Waals surface area contributed by atoms with Gasteiger partial charge < -0.3 is 5.32 Å². The van der Waals surface area contributed by atoms with Crippen LogP contribution in [0.1, 0.15) is 24.8 Å².